The molecule has 0 spiro atoms. The van der Waals surface area contributed by atoms with E-state index in [0.717, 1.165) is 16.7 Å². The van der Waals surface area contributed by atoms with E-state index in [0.29, 0.717) is 25.7 Å². The van der Waals surface area contributed by atoms with E-state index < -0.39 is 0 Å². The Morgan fingerprint density at radius 2 is 1.50 bits per heavy atom. The van der Waals surface area contributed by atoms with Gasteiger partial charge in [0.05, 0.1) is 10.6 Å². The van der Waals surface area contributed by atoms with Gasteiger partial charge < -0.3 is 5.11 Å². The zero-order valence-electron chi connectivity index (χ0n) is 18.0. The lowest BCUT2D eigenvalue weighted by atomic mass is 9.78. The van der Waals surface area contributed by atoms with Gasteiger partial charge in [-0.3, -0.25) is 9.69 Å². The summed E-state index contributed by atoms with van der Waals surface area (Å²) < 4.78 is 0.486. The average molecular weight is 460 g/mol. The van der Waals surface area contributed by atoms with Crippen LogP contribution in [-0.2, 0) is 15.6 Å². The van der Waals surface area contributed by atoms with Crippen LogP contribution < -0.4 is 4.90 Å². The van der Waals surface area contributed by atoms with Crippen molar-refractivity contribution in [2.45, 2.75) is 52.4 Å². The van der Waals surface area contributed by atoms with E-state index in [-0.39, 0.29) is 16.7 Å². The first kappa shape index (κ1) is 22.9. The molecule has 158 valence electrons. The molecular formula is C24H26ClNO2S2. The Morgan fingerprint density at radius 3 is 1.97 bits per heavy atom. The predicted octanol–water partition coefficient (Wildman–Crippen LogP) is 7.05. The van der Waals surface area contributed by atoms with Gasteiger partial charge in [0.15, 0.2) is 4.32 Å². The standard InChI is InChI=1S/C24H26ClNO2S2/c1-23(2,3)17-11-14(12-18(20(17)27)24(4,5)6)13-19-21(28)26(22(29)30-19)16-9-7-15(25)8-10-16/h7-13,27H,1-6H3/b19-13+. The molecule has 1 amide bonds. The molecule has 30 heavy (non-hydrogen) atoms. The Hall–Kier alpha value is -1.82. The number of amides is 1. The molecule has 1 aliphatic heterocycles. The van der Waals surface area contributed by atoms with Crippen molar-refractivity contribution in [1.82, 2.24) is 0 Å². The van der Waals surface area contributed by atoms with Gasteiger partial charge in [-0.1, -0.05) is 77.1 Å². The van der Waals surface area contributed by atoms with Crippen LogP contribution in [0, 0.1) is 0 Å². The summed E-state index contributed by atoms with van der Waals surface area (Å²) in [5.74, 6) is 0.163. The molecule has 2 aromatic carbocycles. The highest BCUT2D eigenvalue weighted by Crippen LogP contribution is 2.42. The van der Waals surface area contributed by atoms with Gasteiger partial charge in [0, 0.05) is 16.1 Å². The number of anilines is 1. The Labute approximate surface area is 193 Å². The third-order valence-electron chi connectivity index (χ3n) is 4.92. The molecular weight excluding hydrogens is 434 g/mol. The van der Waals surface area contributed by atoms with Gasteiger partial charge in [-0.2, -0.15) is 0 Å². The number of thioether (sulfide) groups is 1. The molecule has 2 aromatic rings. The number of thiocarbonyl (C=S) groups is 1. The van der Waals surface area contributed by atoms with Crippen LogP contribution >= 0.6 is 35.6 Å². The van der Waals surface area contributed by atoms with Gasteiger partial charge >= 0.3 is 0 Å². The van der Waals surface area contributed by atoms with Crippen molar-refractivity contribution in [1.29, 1.82) is 0 Å². The number of hydrogen-bond acceptors (Lipinski definition) is 4. The van der Waals surface area contributed by atoms with E-state index in [9.17, 15) is 9.90 Å². The fraction of sp³-hybridized carbons (Fsp3) is 0.333. The molecule has 1 heterocycles. The highest BCUT2D eigenvalue weighted by atomic mass is 35.5. The number of carbonyl (C=O) groups excluding carboxylic acids is 1. The molecule has 0 atom stereocenters. The fourth-order valence-electron chi connectivity index (χ4n) is 3.32. The topological polar surface area (TPSA) is 40.5 Å². The largest absolute Gasteiger partial charge is 0.507 e. The van der Waals surface area contributed by atoms with Crippen LogP contribution in [0.25, 0.3) is 6.08 Å². The lowest BCUT2D eigenvalue weighted by Crippen LogP contribution is -2.27. The van der Waals surface area contributed by atoms with Gasteiger partial charge in [0.2, 0.25) is 0 Å². The maximum Gasteiger partial charge on any atom is 0.270 e. The average Bonchev–Trinajstić information content (AvgIpc) is 2.89. The minimum absolute atomic E-state index is 0.157. The molecule has 3 nitrogen and oxygen atoms in total. The maximum absolute atomic E-state index is 13.1. The SMILES string of the molecule is CC(C)(C)c1cc(/C=C2/SC(=S)N(c3ccc(Cl)cc3)C2=O)cc(C(C)(C)C)c1O. The van der Waals surface area contributed by atoms with Crippen LogP contribution in [0.1, 0.15) is 58.2 Å². The second-order valence-electron chi connectivity index (χ2n) is 9.46. The van der Waals surface area contributed by atoms with Gasteiger partial charge in [0.1, 0.15) is 5.75 Å². The van der Waals surface area contributed by atoms with Crippen molar-refractivity contribution in [3.8, 4) is 5.75 Å². The summed E-state index contributed by atoms with van der Waals surface area (Å²) in [5, 5.41) is 11.5. The van der Waals surface area contributed by atoms with E-state index in [4.69, 9.17) is 23.8 Å². The molecule has 0 bridgehead atoms. The summed E-state index contributed by atoms with van der Waals surface area (Å²) in [5.41, 5.74) is 2.80. The quantitative estimate of drug-likeness (QED) is 0.386. The van der Waals surface area contributed by atoms with E-state index in [1.165, 1.54) is 16.7 Å². The molecule has 0 saturated carbocycles. The third kappa shape index (κ3) is 4.58. The first-order valence-corrected chi connectivity index (χ1v) is 11.3. The van der Waals surface area contributed by atoms with Crippen molar-refractivity contribution in [2.24, 2.45) is 0 Å². The van der Waals surface area contributed by atoms with Crippen molar-refractivity contribution >= 4 is 57.6 Å². The molecule has 0 unspecified atom stereocenters. The summed E-state index contributed by atoms with van der Waals surface area (Å²) in [7, 11) is 0. The fourth-order valence-corrected chi connectivity index (χ4v) is 4.74. The third-order valence-corrected chi connectivity index (χ3v) is 6.48. The second kappa shape index (κ2) is 8.03. The summed E-state index contributed by atoms with van der Waals surface area (Å²) in [6.45, 7) is 12.4. The van der Waals surface area contributed by atoms with Crippen molar-refractivity contribution < 1.29 is 9.90 Å². The summed E-state index contributed by atoms with van der Waals surface area (Å²) in [6.07, 6.45) is 1.86. The molecule has 3 rings (SSSR count). The van der Waals surface area contributed by atoms with Gasteiger partial charge in [-0.25, -0.2) is 0 Å². The van der Waals surface area contributed by atoms with Crippen molar-refractivity contribution in [2.75, 3.05) is 4.90 Å². The minimum Gasteiger partial charge on any atom is -0.507 e. The number of aromatic hydroxyl groups is 1. The van der Waals surface area contributed by atoms with E-state index in [1.54, 1.807) is 24.3 Å². The number of halogens is 1. The Bertz CT molecular complexity index is 1010. The minimum atomic E-state index is -0.240. The zero-order valence-corrected chi connectivity index (χ0v) is 20.4. The molecule has 0 aromatic heterocycles. The Kier molecular flexibility index (Phi) is 6.11. The molecule has 0 aliphatic carbocycles. The zero-order chi connectivity index (χ0) is 22.4. The normalized spacial score (nSPS) is 16.6. The lowest BCUT2D eigenvalue weighted by Gasteiger charge is -2.28. The van der Waals surface area contributed by atoms with E-state index in [1.807, 2.05) is 18.2 Å². The number of phenols is 1. The number of nitrogens with zero attached hydrogens (tertiary/aromatic N) is 1. The second-order valence-corrected chi connectivity index (χ2v) is 11.6. The number of carbonyl (C=O) groups is 1. The Balaban J connectivity index is 2.07. The van der Waals surface area contributed by atoms with Gasteiger partial charge in [-0.05, 0) is 58.9 Å². The van der Waals surface area contributed by atoms with Crippen LogP contribution in [0.3, 0.4) is 0 Å². The molecule has 1 saturated heterocycles. The predicted molar refractivity (Wildman–Crippen MR) is 133 cm³/mol. The highest BCUT2D eigenvalue weighted by molar-refractivity contribution is 8.27. The number of rotatable bonds is 2. The first-order chi connectivity index (χ1) is 13.8. The van der Waals surface area contributed by atoms with Crippen molar-refractivity contribution in [3.63, 3.8) is 0 Å². The molecule has 1 N–H and O–H groups in total. The summed E-state index contributed by atoms with van der Waals surface area (Å²) in [4.78, 5) is 15.2. The monoisotopic (exact) mass is 459 g/mol. The molecule has 1 aliphatic rings. The molecule has 1 fully saturated rings. The van der Waals surface area contributed by atoms with Crippen LogP contribution in [0.2, 0.25) is 5.02 Å². The van der Waals surface area contributed by atoms with Crippen LogP contribution in [-0.4, -0.2) is 15.3 Å². The molecule has 0 radical (unpaired) electrons. The van der Waals surface area contributed by atoms with Crippen LogP contribution in [0.5, 0.6) is 5.75 Å². The van der Waals surface area contributed by atoms with E-state index in [2.05, 4.69) is 41.5 Å². The van der Waals surface area contributed by atoms with Crippen LogP contribution in [0.15, 0.2) is 41.3 Å². The molecule has 6 heteroatoms. The van der Waals surface area contributed by atoms with E-state index >= 15 is 0 Å². The van der Waals surface area contributed by atoms with Gasteiger partial charge in [0.25, 0.3) is 5.91 Å². The van der Waals surface area contributed by atoms with Crippen LogP contribution in [0.4, 0.5) is 5.69 Å². The number of benzene rings is 2. The summed E-state index contributed by atoms with van der Waals surface area (Å²) >= 11 is 12.7. The lowest BCUT2D eigenvalue weighted by molar-refractivity contribution is -0.113. The first-order valence-electron chi connectivity index (χ1n) is 9.70. The smallest absolute Gasteiger partial charge is 0.270 e. The number of phenolic OH excluding ortho intramolecular Hbond substituents is 1. The van der Waals surface area contributed by atoms with Gasteiger partial charge in [-0.15, -0.1) is 0 Å². The Morgan fingerprint density at radius 1 is 1.00 bits per heavy atom. The summed E-state index contributed by atoms with van der Waals surface area (Å²) in [6, 6.07) is 11.0. The van der Waals surface area contributed by atoms with Crippen molar-refractivity contribution in [3.05, 3.63) is 63.0 Å². The highest BCUT2D eigenvalue weighted by Gasteiger charge is 2.34. The maximum atomic E-state index is 13.1. The number of hydrogen-bond donors (Lipinski definition) is 1.